The van der Waals surface area contributed by atoms with Gasteiger partial charge in [0, 0.05) is 17.0 Å². The van der Waals surface area contributed by atoms with Gasteiger partial charge in [-0.2, -0.15) is 0 Å². The van der Waals surface area contributed by atoms with Crippen molar-refractivity contribution in [1.29, 1.82) is 0 Å². The number of halogens is 2. The molecule has 2 aromatic carbocycles. The number of rotatable bonds is 2. The Morgan fingerprint density at radius 1 is 1.09 bits per heavy atom. The van der Waals surface area contributed by atoms with Crippen LogP contribution >= 0.6 is 22.9 Å². The normalized spacial score (nSPS) is 20.1. The lowest BCUT2D eigenvalue weighted by molar-refractivity contribution is -0.118. The number of fused-ring (bicyclic) bond motifs is 1. The Bertz CT molecular complexity index is 1450. The minimum atomic E-state index is -0.544. The van der Waals surface area contributed by atoms with Crippen molar-refractivity contribution in [2.75, 3.05) is 0 Å². The van der Waals surface area contributed by atoms with E-state index in [-0.39, 0.29) is 22.6 Å². The molecule has 0 radical (unpaired) electrons. The van der Waals surface area contributed by atoms with E-state index in [4.69, 9.17) is 16.6 Å². The molecule has 0 amide bonds. The van der Waals surface area contributed by atoms with Crippen molar-refractivity contribution >= 4 is 34.8 Å². The summed E-state index contributed by atoms with van der Waals surface area (Å²) in [5.74, 6) is -0.312. The highest BCUT2D eigenvalue weighted by Gasteiger charge is 2.40. The third-order valence-corrected chi connectivity index (χ3v) is 7.08. The summed E-state index contributed by atoms with van der Waals surface area (Å²) in [4.78, 5) is 32.1. The van der Waals surface area contributed by atoms with E-state index in [0.717, 1.165) is 16.8 Å². The molecule has 0 saturated carbocycles. The number of allylic oxidation sites excluding steroid dienone is 2. The van der Waals surface area contributed by atoms with Gasteiger partial charge in [0.25, 0.3) is 5.56 Å². The highest BCUT2D eigenvalue weighted by Crippen LogP contribution is 2.43. The zero-order valence-electron chi connectivity index (χ0n) is 17.6. The average Bonchev–Trinajstić information content (AvgIpc) is 3.03. The Morgan fingerprint density at radius 2 is 1.78 bits per heavy atom. The fraction of sp³-hybridized carbons (Fsp3) is 0.240. The van der Waals surface area contributed by atoms with Gasteiger partial charge in [0.1, 0.15) is 5.82 Å². The maximum absolute atomic E-state index is 13.5. The molecule has 1 atom stereocenters. The van der Waals surface area contributed by atoms with E-state index in [1.54, 1.807) is 34.9 Å². The van der Waals surface area contributed by atoms with E-state index in [1.807, 2.05) is 12.1 Å². The van der Waals surface area contributed by atoms with Crippen LogP contribution in [0, 0.1) is 11.2 Å². The number of carbonyl (C=O) groups is 1. The van der Waals surface area contributed by atoms with E-state index < -0.39 is 6.04 Å². The number of aromatic nitrogens is 1. The van der Waals surface area contributed by atoms with Crippen LogP contribution in [0.1, 0.15) is 43.9 Å². The van der Waals surface area contributed by atoms with Gasteiger partial charge >= 0.3 is 0 Å². The van der Waals surface area contributed by atoms with Crippen LogP contribution in [0.3, 0.4) is 0 Å². The molecule has 32 heavy (non-hydrogen) atoms. The van der Waals surface area contributed by atoms with Crippen molar-refractivity contribution in [3.05, 3.63) is 101 Å². The standard InChI is InChI=1S/C25H20ClFN2O2S/c1-25(2)12-18-21(19(30)13-25)22(15-5-7-16(26)8-6-15)29-23(31)20(32-24(29)28-18)11-14-3-9-17(27)10-4-14/h3-11,22H,12-13H2,1-2H3. The van der Waals surface area contributed by atoms with Gasteiger partial charge in [0.05, 0.1) is 16.3 Å². The SMILES string of the molecule is CC1(C)CC(=O)C2=C(C1)N=c1sc(=Cc3ccc(F)cc3)c(=O)n1C2c1ccc(Cl)cc1. The Hall–Kier alpha value is -2.83. The average molecular weight is 467 g/mol. The number of nitrogens with zero attached hydrogens (tertiary/aromatic N) is 2. The molecule has 1 aliphatic carbocycles. The summed E-state index contributed by atoms with van der Waals surface area (Å²) in [5.41, 5.74) is 2.47. The molecule has 0 spiro atoms. The van der Waals surface area contributed by atoms with Crippen molar-refractivity contribution < 1.29 is 9.18 Å². The van der Waals surface area contributed by atoms with Gasteiger partial charge in [0.15, 0.2) is 10.6 Å². The molecule has 1 aromatic heterocycles. The lowest BCUT2D eigenvalue weighted by atomic mass is 9.73. The lowest BCUT2D eigenvalue weighted by Gasteiger charge is -2.35. The number of benzene rings is 2. The van der Waals surface area contributed by atoms with Gasteiger partial charge in [-0.1, -0.05) is 61.1 Å². The van der Waals surface area contributed by atoms with Crippen molar-refractivity contribution in [1.82, 2.24) is 4.57 Å². The molecule has 7 heteroatoms. The number of ketones is 1. The molecule has 2 heterocycles. The molecule has 3 aromatic rings. The highest BCUT2D eigenvalue weighted by molar-refractivity contribution is 7.07. The van der Waals surface area contributed by atoms with Crippen molar-refractivity contribution in [3.63, 3.8) is 0 Å². The topological polar surface area (TPSA) is 51.4 Å². The van der Waals surface area contributed by atoms with E-state index >= 15 is 0 Å². The van der Waals surface area contributed by atoms with Crippen LogP contribution in [0.25, 0.3) is 6.08 Å². The van der Waals surface area contributed by atoms with Gasteiger partial charge in [-0.15, -0.1) is 0 Å². The smallest absolute Gasteiger partial charge is 0.271 e. The van der Waals surface area contributed by atoms with Gasteiger partial charge in [0.2, 0.25) is 0 Å². The van der Waals surface area contributed by atoms with Crippen LogP contribution in [0.2, 0.25) is 5.02 Å². The zero-order chi connectivity index (χ0) is 22.6. The Balaban J connectivity index is 1.76. The molecular formula is C25H20ClFN2O2S. The van der Waals surface area contributed by atoms with E-state index in [2.05, 4.69) is 13.8 Å². The number of Topliss-reactive ketones (excluding diaryl/α,β-unsaturated/α-hetero) is 1. The summed E-state index contributed by atoms with van der Waals surface area (Å²) in [6, 6.07) is 12.7. The van der Waals surface area contributed by atoms with Crippen LogP contribution < -0.4 is 14.9 Å². The summed E-state index contributed by atoms with van der Waals surface area (Å²) in [6.07, 6.45) is 2.81. The van der Waals surface area contributed by atoms with Crippen molar-refractivity contribution in [3.8, 4) is 0 Å². The molecule has 0 saturated heterocycles. The van der Waals surface area contributed by atoms with Gasteiger partial charge in [-0.05, 0) is 53.3 Å². The van der Waals surface area contributed by atoms with Crippen molar-refractivity contribution in [2.45, 2.75) is 32.7 Å². The molecule has 1 unspecified atom stereocenters. The largest absolute Gasteiger partial charge is 0.294 e. The van der Waals surface area contributed by atoms with Crippen LogP contribution in [0.5, 0.6) is 0 Å². The number of carbonyl (C=O) groups excluding carboxylic acids is 1. The molecular weight excluding hydrogens is 447 g/mol. The highest BCUT2D eigenvalue weighted by atomic mass is 35.5. The van der Waals surface area contributed by atoms with Crippen LogP contribution in [0.15, 0.2) is 69.6 Å². The minimum Gasteiger partial charge on any atom is -0.294 e. The van der Waals surface area contributed by atoms with Crippen LogP contribution in [-0.4, -0.2) is 10.4 Å². The molecule has 0 fully saturated rings. The monoisotopic (exact) mass is 466 g/mol. The quantitative estimate of drug-likeness (QED) is 0.562. The number of thiazole rings is 1. The Labute approximate surface area is 193 Å². The first-order valence-corrected chi connectivity index (χ1v) is 11.5. The first-order valence-electron chi connectivity index (χ1n) is 10.3. The van der Waals surface area contributed by atoms with Crippen molar-refractivity contribution in [2.24, 2.45) is 10.4 Å². The summed E-state index contributed by atoms with van der Waals surface area (Å²) in [6.45, 7) is 4.12. The second kappa shape index (κ2) is 7.64. The van der Waals surface area contributed by atoms with Crippen LogP contribution in [0.4, 0.5) is 4.39 Å². The predicted octanol–water partition coefficient (Wildman–Crippen LogP) is 4.40. The molecule has 2 aliphatic rings. The second-order valence-corrected chi connectivity index (χ2v) is 10.4. The third-order valence-electron chi connectivity index (χ3n) is 5.85. The third kappa shape index (κ3) is 3.67. The zero-order valence-corrected chi connectivity index (χ0v) is 19.1. The molecule has 0 N–H and O–H groups in total. The fourth-order valence-corrected chi connectivity index (χ4v) is 5.57. The molecule has 162 valence electrons. The fourth-order valence-electron chi connectivity index (χ4n) is 4.42. The number of hydrogen-bond donors (Lipinski definition) is 0. The molecule has 5 rings (SSSR count). The van der Waals surface area contributed by atoms with Crippen LogP contribution in [-0.2, 0) is 4.79 Å². The summed E-state index contributed by atoms with van der Waals surface area (Å²) in [7, 11) is 0. The summed E-state index contributed by atoms with van der Waals surface area (Å²) < 4.78 is 15.4. The lowest BCUT2D eigenvalue weighted by Crippen LogP contribution is -2.42. The van der Waals surface area contributed by atoms with E-state index in [0.29, 0.717) is 32.8 Å². The second-order valence-electron chi connectivity index (χ2n) is 8.99. The molecule has 4 nitrogen and oxygen atoms in total. The minimum absolute atomic E-state index is 0.0211. The first-order chi connectivity index (χ1) is 15.2. The summed E-state index contributed by atoms with van der Waals surface area (Å²) in [5, 5.41) is 0.586. The molecule has 0 bridgehead atoms. The van der Waals surface area contributed by atoms with E-state index in [9.17, 15) is 14.0 Å². The van der Waals surface area contributed by atoms with Gasteiger partial charge in [-0.3, -0.25) is 14.2 Å². The number of hydrogen-bond acceptors (Lipinski definition) is 4. The maximum atomic E-state index is 13.5. The maximum Gasteiger partial charge on any atom is 0.271 e. The Morgan fingerprint density at radius 3 is 2.47 bits per heavy atom. The molecule has 1 aliphatic heterocycles. The summed E-state index contributed by atoms with van der Waals surface area (Å²) >= 11 is 7.38. The van der Waals surface area contributed by atoms with Gasteiger partial charge < -0.3 is 0 Å². The predicted molar refractivity (Wildman–Crippen MR) is 124 cm³/mol. The Kier molecular flexibility index (Phi) is 5.02. The van der Waals surface area contributed by atoms with E-state index in [1.165, 1.54) is 23.5 Å². The first kappa shape index (κ1) is 21.0. The van der Waals surface area contributed by atoms with Gasteiger partial charge in [-0.25, -0.2) is 9.38 Å².